The summed E-state index contributed by atoms with van der Waals surface area (Å²) in [5.74, 6) is 0. The van der Waals surface area contributed by atoms with Crippen LogP contribution in [0.2, 0.25) is 0 Å². The smallest absolute Gasteiger partial charge is 0.137 e. The summed E-state index contributed by atoms with van der Waals surface area (Å²) in [7, 11) is 0. The van der Waals surface area contributed by atoms with Crippen LogP contribution in [0.15, 0.2) is 186 Å². The average Bonchev–Trinajstić information content (AvgIpc) is 3.96. The number of para-hydroxylation sites is 2. The van der Waals surface area contributed by atoms with Crippen LogP contribution in [0.4, 0.5) is 0 Å². The van der Waals surface area contributed by atoms with Gasteiger partial charge in [0.1, 0.15) is 11.2 Å². The molecule has 1 aliphatic heterocycles. The molecule has 8 aromatic carbocycles. The molecule has 57 heavy (non-hydrogen) atoms. The molecule has 3 N–H and O–H groups in total. The van der Waals surface area contributed by atoms with E-state index in [1.54, 1.807) is 0 Å². The third kappa shape index (κ3) is 5.27. The van der Waals surface area contributed by atoms with Gasteiger partial charge in [-0.15, -0.1) is 11.3 Å². The summed E-state index contributed by atoms with van der Waals surface area (Å²) in [6.07, 6.45) is -0.0928. The normalized spacial score (nSPS) is 17.4. The molecule has 12 rings (SSSR count). The molecule has 5 nitrogen and oxygen atoms in total. The van der Waals surface area contributed by atoms with E-state index in [2.05, 4.69) is 203 Å². The summed E-state index contributed by atoms with van der Waals surface area (Å²) in [4.78, 5) is 0. The maximum absolute atomic E-state index is 6.56. The number of thiophene rings is 1. The third-order valence-corrected chi connectivity index (χ3v) is 12.8. The molecule has 0 aliphatic carbocycles. The Morgan fingerprint density at radius 2 is 1.05 bits per heavy atom. The summed E-state index contributed by atoms with van der Waals surface area (Å²) in [5.41, 5.74) is 11.3. The van der Waals surface area contributed by atoms with Crippen LogP contribution in [0, 0.1) is 0 Å². The van der Waals surface area contributed by atoms with Crippen LogP contribution in [0.5, 0.6) is 0 Å². The molecule has 1 saturated heterocycles. The summed E-state index contributed by atoms with van der Waals surface area (Å²) in [5, 5.41) is 18.8. The van der Waals surface area contributed by atoms with Crippen molar-refractivity contribution in [3.63, 3.8) is 0 Å². The van der Waals surface area contributed by atoms with Gasteiger partial charge in [0, 0.05) is 36.3 Å². The quantitative estimate of drug-likeness (QED) is 0.164. The topological polar surface area (TPSA) is 54.2 Å². The SMILES string of the molecule is c1ccc(C2NC(c3ccccc3)NC(c3ccc4c(c3)sc3cccc(-c5ccc6oc7cccc(-n8c9ccccc9c9ccccc98)c7c6c5)c34)N2)cc1. The Morgan fingerprint density at radius 1 is 0.421 bits per heavy atom. The molecule has 0 bridgehead atoms. The van der Waals surface area contributed by atoms with Crippen LogP contribution in [-0.2, 0) is 0 Å². The highest BCUT2D eigenvalue weighted by Gasteiger charge is 2.30. The van der Waals surface area contributed by atoms with Gasteiger partial charge in [-0.05, 0) is 76.3 Å². The van der Waals surface area contributed by atoms with E-state index < -0.39 is 0 Å². The van der Waals surface area contributed by atoms with Gasteiger partial charge in [0.25, 0.3) is 0 Å². The Morgan fingerprint density at radius 3 is 1.75 bits per heavy atom. The lowest BCUT2D eigenvalue weighted by molar-refractivity contribution is 0.203. The zero-order valence-corrected chi connectivity index (χ0v) is 31.6. The minimum absolute atomic E-state index is 0.0169. The van der Waals surface area contributed by atoms with E-state index in [1.165, 1.54) is 69.8 Å². The van der Waals surface area contributed by atoms with Crippen LogP contribution in [0.1, 0.15) is 35.2 Å². The molecule has 2 unspecified atom stereocenters. The first-order chi connectivity index (χ1) is 28.2. The number of nitrogens with one attached hydrogen (secondary N) is 3. The summed E-state index contributed by atoms with van der Waals surface area (Å²) >= 11 is 1.86. The lowest BCUT2D eigenvalue weighted by atomic mass is 9.97. The Balaban J connectivity index is 0.977. The second kappa shape index (κ2) is 13.0. The van der Waals surface area contributed by atoms with E-state index in [9.17, 15) is 0 Å². The van der Waals surface area contributed by atoms with Crippen LogP contribution in [-0.4, -0.2) is 4.57 Å². The van der Waals surface area contributed by atoms with Crippen molar-refractivity contribution in [1.29, 1.82) is 0 Å². The van der Waals surface area contributed by atoms with Crippen molar-refractivity contribution in [3.8, 4) is 16.8 Å². The fourth-order valence-corrected chi connectivity index (χ4v) is 10.3. The first kappa shape index (κ1) is 32.7. The van der Waals surface area contributed by atoms with E-state index in [1.807, 2.05) is 11.3 Å². The van der Waals surface area contributed by atoms with Gasteiger partial charge in [-0.2, -0.15) is 0 Å². The lowest BCUT2D eigenvalue weighted by Gasteiger charge is -2.39. The molecule has 1 fully saturated rings. The zero-order valence-electron chi connectivity index (χ0n) is 30.8. The maximum atomic E-state index is 6.56. The molecule has 0 saturated carbocycles. The molecular weight excluding hydrogens is 717 g/mol. The average molecular weight is 753 g/mol. The molecule has 0 amide bonds. The highest BCUT2D eigenvalue weighted by Crippen LogP contribution is 2.44. The first-order valence-electron chi connectivity index (χ1n) is 19.5. The van der Waals surface area contributed by atoms with Gasteiger partial charge in [0.2, 0.25) is 0 Å². The number of hydrogen-bond acceptors (Lipinski definition) is 5. The number of furan rings is 1. The molecule has 11 aromatic rings. The molecule has 6 heteroatoms. The molecule has 2 atom stereocenters. The third-order valence-electron chi connectivity index (χ3n) is 11.7. The van der Waals surface area contributed by atoms with Crippen LogP contribution in [0.3, 0.4) is 0 Å². The van der Waals surface area contributed by atoms with E-state index in [0.717, 1.165) is 27.6 Å². The fourth-order valence-electron chi connectivity index (χ4n) is 9.12. The summed E-state index contributed by atoms with van der Waals surface area (Å²) in [6, 6.07) is 65.5. The van der Waals surface area contributed by atoms with Crippen molar-refractivity contribution < 1.29 is 4.42 Å². The molecule has 3 aromatic heterocycles. The van der Waals surface area contributed by atoms with Crippen LogP contribution >= 0.6 is 11.3 Å². The molecule has 4 heterocycles. The van der Waals surface area contributed by atoms with E-state index in [0.29, 0.717) is 0 Å². The summed E-state index contributed by atoms with van der Waals surface area (Å²) < 4.78 is 11.5. The number of aromatic nitrogens is 1. The van der Waals surface area contributed by atoms with Gasteiger partial charge >= 0.3 is 0 Å². The Kier molecular flexibility index (Phi) is 7.46. The number of rotatable bonds is 5. The Hall–Kier alpha value is -6.54. The number of fused-ring (bicyclic) bond motifs is 9. The van der Waals surface area contributed by atoms with Crippen molar-refractivity contribution in [2.45, 2.75) is 18.5 Å². The lowest BCUT2D eigenvalue weighted by Crippen LogP contribution is -2.54. The first-order valence-corrected chi connectivity index (χ1v) is 20.3. The van der Waals surface area contributed by atoms with Crippen molar-refractivity contribution in [2.75, 3.05) is 0 Å². The predicted molar refractivity (Wildman–Crippen MR) is 237 cm³/mol. The monoisotopic (exact) mass is 752 g/mol. The molecule has 1 aliphatic rings. The molecule has 0 spiro atoms. The van der Waals surface area contributed by atoms with Crippen LogP contribution < -0.4 is 16.0 Å². The highest BCUT2D eigenvalue weighted by molar-refractivity contribution is 7.26. The largest absolute Gasteiger partial charge is 0.456 e. The van der Waals surface area contributed by atoms with Crippen molar-refractivity contribution >= 4 is 75.3 Å². The Bertz CT molecular complexity index is 3210. The van der Waals surface area contributed by atoms with Gasteiger partial charge in [-0.25, -0.2) is 0 Å². The maximum Gasteiger partial charge on any atom is 0.137 e. The minimum atomic E-state index is -0.0590. The van der Waals surface area contributed by atoms with E-state index in [4.69, 9.17) is 4.42 Å². The highest BCUT2D eigenvalue weighted by atomic mass is 32.1. The van der Waals surface area contributed by atoms with Crippen molar-refractivity contribution in [1.82, 2.24) is 20.5 Å². The van der Waals surface area contributed by atoms with Gasteiger partial charge in [-0.3, -0.25) is 16.0 Å². The minimum Gasteiger partial charge on any atom is -0.456 e. The van der Waals surface area contributed by atoms with E-state index >= 15 is 0 Å². The van der Waals surface area contributed by atoms with Gasteiger partial charge in [0.05, 0.1) is 40.6 Å². The van der Waals surface area contributed by atoms with Gasteiger partial charge < -0.3 is 8.98 Å². The van der Waals surface area contributed by atoms with Crippen molar-refractivity contribution in [2.24, 2.45) is 0 Å². The summed E-state index contributed by atoms with van der Waals surface area (Å²) in [6.45, 7) is 0. The zero-order chi connectivity index (χ0) is 37.5. The number of hydrogen-bond donors (Lipinski definition) is 3. The van der Waals surface area contributed by atoms with Crippen LogP contribution in [0.25, 0.3) is 80.7 Å². The van der Waals surface area contributed by atoms with Gasteiger partial charge in [-0.1, -0.05) is 133 Å². The Labute approximate surface area is 332 Å². The van der Waals surface area contributed by atoms with E-state index in [-0.39, 0.29) is 18.5 Å². The second-order valence-electron chi connectivity index (χ2n) is 15.0. The van der Waals surface area contributed by atoms with Gasteiger partial charge in [0.15, 0.2) is 0 Å². The molecular formula is C51H36N4OS. The predicted octanol–water partition coefficient (Wildman–Crippen LogP) is 12.9. The van der Waals surface area contributed by atoms with Crippen molar-refractivity contribution in [3.05, 3.63) is 199 Å². The standard InChI is InChI=1S/C51H36N4OS/c1-3-13-31(14-4-1)49-52-50(32-15-5-2-6-16-32)54-51(53-49)34-25-27-38-46(30-34)57-45-24-11-19-35(47(38)45)33-26-28-43-39(29-33)48-42(22-12-23-44(48)56-43)55-40-20-9-7-17-36(40)37-18-8-10-21-41(37)55/h1-30,49-54H. The second-order valence-corrected chi connectivity index (χ2v) is 16.1. The number of benzene rings is 8. The molecule has 272 valence electrons. The fraction of sp³-hybridized carbons (Fsp3) is 0.0588. The molecule has 0 radical (unpaired) electrons. The number of nitrogens with zero attached hydrogens (tertiary/aromatic N) is 1.